The standard InChI is InChI=1S/C36H33FN2O5/c37-31-18-30(33-20-38-25-44-33)17-16-29(31)19-32-35(42-23-27-12-6-2-7-13-27)34(41-22-26-10-4-1-5-11-26)21-39(32)36(40)43-24-28-14-8-3-9-15-28/h1-18,20,25,32,34-35H,19,21-24H2/t32-,34+,35+/m1/s1. The highest BCUT2D eigenvalue weighted by atomic mass is 19.1. The maximum absolute atomic E-state index is 15.6. The van der Waals surface area contributed by atoms with Crippen molar-refractivity contribution in [3.8, 4) is 11.3 Å². The van der Waals surface area contributed by atoms with Crippen molar-refractivity contribution in [2.24, 2.45) is 0 Å². The number of hydrogen-bond donors (Lipinski definition) is 0. The van der Waals surface area contributed by atoms with E-state index in [9.17, 15) is 4.79 Å². The Kier molecular flexibility index (Phi) is 9.40. The van der Waals surface area contributed by atoms with Crippen LogP contribution in [0.2, 0.25) is 0 Å². The largest absolute Gasteiger partial charge is 0.445 e. The Morgan fingerprint density at radius 3 is 2.02 bits per heavy atom. The minimum absolute atomic E-state index is 0.119. The highest BCUT2D eigenvalue weighted by Gasteiger charge is 2.46. The van der Waals surface area contributed by atoms with E-state index in [1.165, 1.54) is 18.7 Å². The van der Waals surface area contributed by atoms with Gasteiger partial charge in [-0.25, -0.2) is 14.2 Å². The van der Waals surface area contributed by atoms with Crippen LogP contribution >= 0.6 is 0 Å². The number of hydrogen-bond acceptors (Lipinski definition) is 6. The number of rotatable bonds is 11. The second-order valence-corrected chi connectivity index (χ2v) is 10.7. The normalized spacial score (nSPS) is 17.9. The van der Waals surface area contributed by atoms with Crippen molar-refractivity contribution in [3.05, 3.63) is 150 Å². The molecule has 44 heavy (non-hydrogen) atoms. The SMILES string of the molecule is O=C(OCc1ccccc1)N1C[C@H](OCc2ccccc2)[C@@H](OCc2ccccc2)[C@H]1Cc1ccc(-c2cnco2)cc1F. The molecule has 6 rings (SSSR count). The molecule has 5 aromatic rings. The van der Waals surface area contributed by atoms with Crippen LogP contribution in [-0.2, 0) is 40.5 Å². The third-order valence-electron chi connectivity index (χ3n) is 7.75. The number of nitrogens with zero attached hydrogens (tertiary/aromatic N) is 2. The van der Waals surface area contributed by atoms with E-state index in [0.29, 0.717) is 30.1 Å². The first-order valence-corrected chi connectivity index (χ1v) is 14.6. The highest BCUT2D eigenvalue weighted by molar-refractivity contribution is 5.69. The van der Waals surface area contributed by atoms with Gasteiger partial charge in [0.2, 0.25) is 0 Å². The molecule has 7 nitrogen and oxygen atoms in total. The van der Waals surface area contributed by atoms with E-state index in [-0.39, 0.29) is 19.6 Å². The minimum Gasteiger partial charge on any atom is -0.445 e. The molecule has 0 N–H and O–H groups in total. The van der Waals surface area contributed by atoms with Crippen LogP contribution in [0.15, 0.2) is 126 Å². The monoisotopic (exact) mass is 592 g/mol. The first kappa shape index (κ1) is 29.3. The van der Waals surface area contributed by atoms with Gasteiger partial charge in [-0.3, -0.25) is 4.90 Å². The Labute approximate surface area is 255 Å². The van der Waals surface area contributed by atoms with Crippen molar-refractivity contribution in [1.29, 1.82) is 0 Å². The molecule has 2 heterocycles. The fraction of sp³-hybridized carbons (Fsp3) is 0.222. The maximum atomic E-state index is 15.6. The number of oxazole rings is 1. The number of carbonyl (C=O) groups is 1. The number of halogens is 1. The molecule has 1 aliphatic rings. The minimum atomic E-state index is -0.548. The first-order chi connectivity index (χ1) is 21.6. The lowest BCUT2D eigenvalue weighted by atomic mass is 9.98. The van der Waals surface area contributed by atoms with Gasteiger partial charge < -0.3 is 18.6 Å². The summed E-state index contributed by atoms with van der Waals surface area (Å²) in [5, 5.41) is 0. The summed E-state index contributed by atoms with van der Waals surface area (Å²) < 4.78 is 39.6. The molecular formula is C36H33FN2O5. The fourth-order valence-corrected chi connectivity index (χ4v) is 5.46. The first-order valence-electron chi connectivity index (χ1n) is 14.6. The average molecular weight is 593 g/mol. The number of aromatic nitrogens is 1. The topological polar surface area (TPSA) is 74.0 Å². The van der Waals surface area contributed by atoms with Crippen molar-refractivity contribution < 1.29 is 27.8 Å². The van der Waals surface area contributed by atoms with Crippen LogP contribution in [0.5, 0.6) is 0 Å². The summed E-state index contributed by atoms with van der Waals surface area (Å²) in [6.07, 6.45) is 1.53. The van der Waals surface area contributed by atoms with E-state index >= 15 is 4.39 Å². The molecule has 0 saturated carbocycles. The zero-order valence-corrected chi connectivity index (χ0v) is 24.1. The van der Waals surface area contributed by atoms with Gasteiger partial charge in [0.25, 0.3) is 0 Å². The fourth-order valence-electron chi connectivity index (χ4n) is 5.46. The molecule has 1 aliphatic heterocycles. The van der Waals surface area contributed by atoms with E-state index in [1.54, 1.807) is 17.0 Å². The van der Waals surface area contributed by atoms with Crippen LogP contribution in [0.1, 0.15) is 22.3 Å². The summed E-state index contributed by atoms with van der Waals surface area (Å²) in [5.74, 6) is 0.0628. The van der Waals surface area contributed by atoms with Crippen molar-refractivity contribution >= 4 is 6.09 Å². The van der Waals surface area contributed by atoms with Crippen molar-refractivity contribution in [3.63, 3.8) is 0 Å². The predicted molar refractivity (Wildman–Crippen MR) is 163 cm³/mol. The highest BCUT2D eigenvalue weighted by Crippen LogP contribution is 2.31. The molecule has 224 valence electrons. The molecular weight excluding hydrogens is 559 g/mol. The maximum Gasteiger partial charge on any atom is 0.410 e. The van der Waals surface area contributed by atoms with Crippen molar-refractivity contribution in [2.45, 2.75) is 44.5 Å². The van der Waals surface area contributed by atoms with Gasteiger partial charge in [0.05, 0.1) is 32.0 Å². The summed E-state index contributed by atoms with van der Waals surface area (Å²) in [4.78, 5) is 19.2. The lowest BCUT2D eigenvalue weighted by molar-refractivity contribution is -0.0707. The van der Waals surface area contributed by atoms with Gasteiger partial charge in [0.1, 0.15) is 24.6 Å². The van der Waals surface area contributed by atoms with Gasteiger partial charge in [-0.2, -0.15) is 0 Å². The zero-order valence-electron chi connectivity index (χ0n) is 24.1. The summed E-state index contributed by atoms with van der Waals surface area (Å²) in [6.45, 7) is 1.01. The Hall–Kier alpha value is -4.79. The van der Waals surface area contributed by atoms with E-state index in [0.717, 1.165) is 16.7 Å². The lowest BCUT2D eigenvalue weighted by Gasteiger charge is -2.28. The molecule has 1 saturated heterocycles. The average Bonchev–Trinajstić information content (AvgIpc) is 3.73. The molecule has 0 unspecified atom stereocenters. The van der Waals surface area contributed by atoms with E-state index in [1.807, 2.05) is 91.0 Å². The molecule has 8 heteroatoms. The number of amides is 1. The Morgan fingerprint density at radius 2 is 1.43 bits per heavy atom. The van der Waals surface area contributed by atoms with Crippen LogP contribution in [-0.4, -0.2) is 40.8 Å². The van der Waals surface area contributed by atoms with Crippen molar-refractivity contribution in [2.75, 3.05) is 6.54 Å². The molecule has 0 spiro atoms. The van der Waals surface area contributed by atoms with Gasteiger partial charge >= 0.3 is 6.09 Å². The molecule has 4 aromatic carbocycles. The zero-order chi connectivity index (χ0) is 30.1. The molecule has 0 aliphatic carbocycles. The Morgan fingerprint density at radius 1 is 0.818 bits per heavy atom. The summed E-state index contributed by atoms with van der Waals surface area (Å²) in [5.41, 5.74) is 3.89. The van der Waals surface area contributed by atoms with Crippen LogP contribution in [0, 0.1) is 5.82 Å². The van der Waals surface area contributed by atoms with E-state index in [4.69, 9.17) is 18.6 Å². The number of ether oxygens (including phenoxy) is 3. The quantitative estimate of drug-likeness (QED) is 0.161. The van der Waals surface area contributed by atoms with Crippen LogP contribution in [0.4, 0.5) is 9.18 Å². The Bertz CT molecular complexity index is 1620. The summed E-state index contributed by atoms with van der Waals surface area (Å²) in [7, 11) is 0. The molecule has 0 bridgehead atoms. The third-order valence-corrected chi connectivity index (χ3v) is 7.75. The smallest absolute Gasteiger partial charge is 0.410 e. The molecule has 1 amide bonds. The van der Waals surface area contributed by atoms with Gasteiger partial charge in [0.15, 0.2) is 12.2 Å². The predicted octanol–water partition coefficient (Wildman–Crippen LogP) is 7.22. The summed E-state index contributed by atoms with van der Waals surface area (Å²) in [6, 6.07) is 33.5. The molecule has 3 atom stereocenters. The van der Waals surface area contributed by atoms with Crippen molar-refractivity contribution in [1.82, 2.24) is 9.88 Å². The van der Waals surface area contributed by atoms with E-state index < -0.39 is 30.2 Å². The second kappa shape index (κ2) is 14.1. The Balaban J connectivity index is 1.28. The molecule has 1 fully saturated rings. The lowest BCUT2D eigenvalue weighted by Crippen LogP contribution is -2.43. The van der Waals surface area contributed by atoms with Crippen LogP contribution in [0.3, 0.4) is 0 Å². The number of likely N-dealkylation sites (tertiary alicyclic amines) is 1. The van der Waals surface area contributed by atoms with Crippen LogP contribution in [0.25, 0.3) is 11.3 Å². The van der Waals surface area contributed by atoms with Crippen LogP contribution < -0.4 is 0 Å². The van der Waals surface area contributed by atoms with Gasteiger partial charge in [-0.05, 0) is 34.7 Å². The van der Waals surface area contributed by atoms with Gasteiger partial charge in [0, 0.05) is 5.56 Å². The third kappa shape index (κ3) is 7.22. The molecule has 1 aromatic heterocycles. The van der Waals surface area contributed by atoms with Gasteiger partial charge in [-0.1, -0.05) is 103 Å². The summed E-state index contributed by atoms with van der Waals surface area (Å²) >= 11 is 0. The molecule has 0 radical (unpaired) electrons. The number of benzene rings is 4. The number of carbonyl (C=O) groups excluding carboxylic acids is 1. The van der Waals surface area contributed by atoms with Gasteiger partial charge in [-0.15, -0.1) is 0 Å². The second-order valence-electron chi connectivity index (χ2n) is 10.7. The van der Waals surface area contributed by atoms with E-state index in [2.05, 4.69) is 4.98 Å².